The summed E-state index contributed by atoms with van der Waals surface area (Å²) < 4.78 is 4.23. The summed E-state index contributed by atoms with van der Waals surface area (Å²) in [6.45, 7) is 9.33. The van der Waals surface area contributed by atoms with Gasteiger partial charge in [-0.1, -0.05) is 19.1 Å². The van der Waals surface area contributed by atoms with Crippen molar-refractivity contribution in [2.45, 2.75) is 26.8 Å². The molecule has 1 amide bonds. The zero-order chi connectivity index (χ0) is 14.0. The van der Waals surface area contributed by atoms with E-state index in [1.165, 1.54) is 0 Å². The van der Waals surface area contributed by atoms with Crippen LogP contribution in [0.2, 0.25) is 0 Å². The van der Waals surface area contributed by atoms with Crippen molar-refractivity contribution in [3.63, 3.8) is 0 Å². The van der Waals surface area contributed by atoms with E-state index in [-0.39, 0.29) is 5.91 Å². The number of carbonyl (C=O) groups excluding carboxylic acids is 1. The summed E-state index contributed by atoms with van der Waals surface area (Å²) in [5, 5.41) is 2.93. The van der Waals surface area contributed by atoms with E-state index in [1.807, 2.05) is 24.5 Å². The number of halogens is 1. The van der Waals surface area contributed by atoms with Crippen LogP contribution in [0, 0.1) is 0 Å². The van der Waals surface area contributed by atoms with Crippen LogP contribution >= 0.6 is 27.3 Å². The van der Waals surface area contributed by atoms with E-state index in [1.54, 1.807) is 11.3 Å². The molecule has 0 aliphatic carbocycles. The van der Waals surface area contributed by atoms with Crippen molar-refractivity contribution < 1.29 is 4.79 Å². The maximum atomic E-state index is 12.2. The van der Waals surface area contributed by atoms with E-state index in [2.05, 4.69) is 33.9 Å². The van der Waals surface area contributed by atoms with Gasteiger partial charge in [-0.2, -0.15) is 0 Å². The van der Waals surface area contributed by atoms with E-state index in [0.717, 1.165) is 26.0 Å². The molecule has 0 aliphatic heterocycles. The average molecular weight is 341 g/mol. The van der Waals surface area contributed by atoms with Gasteiger partial charge in [-0.3, -0.25) is 4.79 Å². The van der Waals surface area contributed by atoms with Crippen LogP contribution in [0.5, 0.6) is 0 Å². The van der Waals surface area contributed by atoms with Crippen LogP contribution in [0.25, 0.3) is 10.2 Å². The topological polar surface area (TPSA) is 34.0 Å². The second-order valence-electron chi connectivity index (χ2n) is 4.63. The van der Waals surface area contributed by atoms with Crippen LogP contribution < -0.4 is 5.32 Å². The summed E-state index contributed by atoms with van der Waals surface area (Å²) in [4.78, 5) is 12.2. The first-order valence-electron chi connectivity index (χ1n) is 6.24. The van der Waals surface area contributed by atoms with Crippen molar-refractivity contribution in [1.29, 1.82) is 0 Å². The van der Waals surface area contributed by atoms with Gasteiger partial charge in [-0.25, -0.2) is 0 Å². The number of allylic oxidation sites excluding steroid dienone is 1. The lowest BCUT2D eigenvalue weighted by atomic mass is 10.3. The second-order valence-corrected chi connectivity index (χ2v) is 7.09. The van der Waals surface area contributed by atoms with Crippen LogP contribution in [0.15, 0.2) is 28.1 Å². The third kappa shape index (κ3) is 3.09. The lowest BCUT2D eigenvalue weighted by Gasteiger charge is -2.10. The third-order valence-corrected chi connectivity index (χ3v) is 4.33. The maximum Gasteiger partial charge on any atom is 0.267 e. The molecule has 0 fully saturated rings. The highest BCUT2D eigenvalue weighted by atomic mass is 79.9. The lowest BCUT2D eigenvalue weighted by Crippen LogP contribution is -2.26. The number of rotatable bonds is 5. The molecule has 0 saturated carbocycles. The summed E-state index contributed by atoms with van der Waals surface area (Å²) in [7, 11) is 0. The molecular formula is C14H17BrN2OS. The molecule has 0 atom stereocenters. The smallest absolute Gasteiger partial charge is 0.267 e. The number of hydrogen-bond acceptors (Lipinski definition) is 2. The minimum atomic E-state index is -0.0115. The molecule has 0 aliphatic rings. The van der Waals surface area contributed by atoms with E-state index < -0.39 is 0 Å². The number of nitrogens with zero attached hydrogens (tertiary/aromatic N) is 1. The molecule has 0 bridgehead atoms. The van der Waals surface area contributed by atoms with Crippen molar-refractivity contribution >= 4 is 43.4 Å². The summed E-state index contributed by atoms with van der Waals surface area (Å²) in [5.74, 6) is -0.0115. The Hall–Kier alpha value is -1.07. The Morgan fingerprint density at radius 3 is 2.89 bits per heavy atom. The first kappa shape index (κ1) is 14.3. The average Bonchev–Trinajstić information content (AvgIpc) is 2.84. The number of fused-ring (bicyclic) bond motifs is 1. The first-order valence-corrected chi connectivity index (χ1v) is 7.85. The quantitative estimate of drug-likeness (QED) is 0.814. The number of hydrogen-bond donors (Lipinski definition) is 1. The van der Waals surface area contributed by atoms with Crippen molar-refractivity contribution in [3.8, 4) is 0 Å². The molecule has 0 spiro atoms. The Morgan fingerprint density at radius 2 is 2.26 bits per heavy atom. The molecule has 2 rings (SSSR count). The Balaban J connectivity index is 2.43. The largest absolute Gasteiger partial charge is 0.351 e. The van der Waals surface area contributed by atoms with Crippen molar-refractivity contribution in [1.82, 2.24) is 9.88 Å². The number of amides is 1. The molecule has 2 aromatic heterocycles. The van der Waals surface area contributed by atoms with Gasteiger partial charge in [0.05, 0.1) is 14.0 Å². The van der Waals surface area contributed by atoms with E-state index in [0.29, 0.717) is 18.8 Å². The van der Waals surface area contributed by atoms with Crippen LogP contribution in [-0.2, 0) is 6.54 Å². The molecular weight excluding hydrogens is 324 g/mol. The van der Waals surface area contributed by atoms with Crippen LogP contribution in [-0.4, -0.2) is 17.0 Å². The van der Waals surface area contributed by atoms with E-state index in [9.17, 15) is 4.79 Å². The summed E-state index contributed by atoms with van der Waals surface area (Å²) in [6, 6.07) is 4.01. The molecule has 1 N–H and O–H groups in total. The zero-order valence-electron chi connectivity index (χ0n) is 11.1. The summed E-state index contributed by atoms with van der Waals surface area (Å²) >= 11 is 5.13. The van der Waals surface area contributed by atoms with Crippen molar-refractivity contribution in [2.75, 3.05) is 6.54 Å². The fourth-order valence-electron chi connectivity index (χ4n) is 1.97. The number of carbonyl (C=O) groups is 1. The van der Waals surface area contributed by atoms with E-state index >= 15 is 0 Å². The normalized spacial score (nSPS) is 10.9. The van der Waals surface area contributed by atoms with Gasteiger partial charge in [0.15, 0.2) is 0 Å². The fourth-order valence-corrected chi connectivity index (χ4v) is 3.53. The molecule has 5 heteroatoms. The zero-order valence-corrected chi connectivity index (χ0v) is 13.5. The van der Waals surface area contributed by atoms with Gasteiger partial charge in [0.1, 0.15) is 5.69 Å². The molecule has 19 heavy (non-hydrogen) atoms. The second kappa shape index (κ2) is 5.92. The fraction of sp³-hybridized carbons (Fsp3) is 0.357. The van der Waals surface area contributed by atoms with Crippen molar-refractivity contribution in [2.24, 2.45) is 0 Å². The Kier molecular flexibility index (Phi) is 4.47. The van der Waals surface area contributed by atoms with Crippen molar-refractivity contribution in [3.05, 3.63) is 33.8 Å². The Bertz CT molecular complexity index is 627. The SMILES string of the molecule is C=C(C)Cn1c(C(=O)NCCC)cc2sc(Br)cc21. The number of thiophene rings is 1. The Labute approximate surface area is 125 Å². The monoisotopic (exact) mass is 340 g/mol. The minimum absolute atomic E-state index is 0.0115. The van der Waals surface area contributed by atoms with Gasteiger partial charge in [-0.15, -0.1) is 11.3 Å². The standard InChI is InChI=1S/C14H17BrN2OS/c1-4-5-16-14(18)11-6-12-10(7-13(15)19-12)17(11)8-9(2)3/h6-7H,2,4-5,8H2,1,3H3,(H,16,18). The van der Waals surface area contributed by atoms with E-state index in [4.69, 9.17) is 0 Å². The molecule has 0 saturated heterocycles. The predicted molar refractivity (Wildman–Crippen MR) is 85.0 cm³/mol. The van der Waals surface area contributed by atoms with Crippen LogP contribution in [0.1, 0.15) is 30.8 Å². The first-order chi connectivity index (χ1) is 9.02. The molecule has 0 radical (unpaired) electrons. The van der Waals surface area contributed by atoms with Crippen LogP contribution in [0.3, 0.4) is 0 Å². The van der Waals surface area contributed by atoms with Gasteiger partial charge in [0.2, 0.25) is 0 Å². The highest BCUT2D eigenvalue weighted by molar-refractivity contribution is 9.11. The van der Waals surface area contributed by atoms with Gasteiger partial charge in [0.25, 0.3) is 5.91 Å². The highest BCUT2D eigenvalue weighted by Gasteiger charge is 2.17. The molecule has 2 aromatic rings. The number of aromatic nitrogens is 1. The van der Waals surface area contributed by atoms with Gasteiger partial charge >= 0.3 is 0 Å². The Morgan fingerprint density at radius 1 is 1.53 bits per heavy atom. The molecule has 102 valence electrons. The third-order valence-electron chi connectivity index (χ3n) is 2.76. The minimum Gasteiger partial charge on any atom is -0.351 e. The van der Waals surface area contributed by atoms with Gasteiger partial charge in [0, 0.05) is 13.1 Å². The van der Waals surface area contributed by atoms with Crippen LogP contribution in [0.4, 0.5) is 0 Å². The maximum absolute atomic E-state index is 12.2. The highest BCUT2D eigenvalue weighted by Crippen LogP contribution is 2.32. The molecule has 0 aromatic carbocycles. The molecule has 3 nitrogen and oxygen atoms in total. The number of nitrogens with one attached hydrogen (secondary N) is 1. The van der Waals surface area contributed by atoms with Gasteiger partial charge in [-0.05, 0) is 41.4 Å². The molecule has 2 heterocycles. The lowest BCUT2D eigenvalue weighted by molar-refractivity contribution is 0.0945. The summed E-state index contributed by atoms with van der Waals surface area (Å²) in [5.41, 5.74) is 2.83. The summed E-state index contributed by atoms with van der Waals surface area (Å²) in [6.07, 6.45) is 0.937. The predicted octanol–water partition coefficient (Wildman–Crippen LogP) is 4.18. The molecule has 0 unspecified atom stereocenters. The van der Waals surface area contributed by atoms with Gasteiger partial charge < -0.3 is 9.88 Å².